The summed E-state index contributed by atoms with van der Waals surface area (Å²) in [6, 6.07) is 4.01. The Kier molecular flexibility index (Phi) is 3.04. The summed E-state index contributed by atoms with van der Waals surface area (Å²) in [5, 5.41) is 0. The van der Waals surface area contributed by atoms with Crippen LogP contribution in [-0.2, 0) is 13.0 Å². The molecule has 0 fully saturated rings. The van der Waals surface area contributed by atoms with Gasteiger partial charge in [0.2, 0.25) is 0 Å². The fourth-order valence-corrected chi connectivity index (χ4v) is 2.64. The van der Waals surface area contributed by atoms with Crippen molar-refractivity contribution in [1.82, 2.24) is 9.55 Å². The van der Waals surface area contributed by atoms with Crippen LogP contribution in [0.15, 0.2) is 18.5 Å². The fourth-order valence-electron chi connectivity index (χ4n) is 2.64. The molecule has 2 N–H and O–H groups in total. The lowest BCUT2D eigenvalue weighted by Crippen LogP contribution is -2.05. The van der Waals surface area contributed by atoms with E-state index in [2.05, 4.69) is 11.9 Å². The van der Waals surface area contributed by atoms with Crippen LogP contribution in [-0.4, -0.2) is 22.8 Å². The normalized spacial score (nSPS) is 16.9. The van der Waals surface area contributed by atoms with Crippen LogP contribution in [0.2, 0.25) is 0 Å². The van der Waals surface area contributed by atoms with E-state index in [-0.39, 0.29) is 6.10 Å². The molecule has 1 aliphatic rings. The van der Waals surface area contributed by atoms with Crippen molar-refractivity contribution in [2.24, 2.45) is 0 Å². The molecule has 5 heteroatoms. The summed E-state index contributed by atoms with van der Waals surface area (Å²) >= 11 is 0. The topological polar surface area (TPSA) is 62.3 Å². The Bertz CT molecular complexity index is 649. The third-order valence-corrected chi connectivity index (χ3v) is 3.69. The minimum atomic E-state index is 0.204. The minimum absolute atomic E-state index is 0.204. The number of hydrogen-bond acceptors (Lipinski definition) is 4. The maximum Gasteiger partial charge on any atom is 0.131 e. The highest BCUT2D eigenvalue weighted by Crippen LogP contribution is 2.40. The number of nitrogens with two attached hydrogens (primary N) is 1. The summed E-state index contributed by atoms with van der Waals surface area (Å²) < 4.78 is 13.2. The molecule has 0 radical (unpaired) electrons. The molecule has 0 aliphatic carbocycles. The van der Waals surface area contributed by atoms with Crippen LogP contribution in [0.25, 0.3) is 11.3 Å². The SMILES string of the molecule is CCn1cnc(-c2cc3c(cc2OC)CC(C)O3)c1N. The van der Waals surface area contributed by atoms with E-state index in [1.54, 1.807) is 13.4 Å². The maximum absolute atomic E-state index is 6.15. The monoisotopic (exact) mass is 273 g/mol. The van der Waals surface area contributed by atoms with Gasteiger partial charge in [-0.2, -0.15) is 0 Å². The van der Waals surface area contributed by atoms with Gasteiger partial charge in [0.25, 0.3) is 0 Å². The largest absolute Gasteiger partial charge is 0.496 e. The van der Waals surface area contributed by atoms with Gasteiger partial charge in [-0.3, -0.25) is 0 Å². The Morgan fingerprint density at radius 3 is 2.95 bits per heavy atom. The number of nitrogens with zero attached hydrogens (tertiary/aromatic N) is 2. The highest BCUT2D eigenvalue weighted by Gasteiger charge is 2.24. The fraction of sp³-hybridized carbons (Fsp3) is 0.400. The highest BCUT2D eigenvalue weighted by atomic mass is 16.5. The Labute approximate surface area is 118 Å². The molecule has 1 unspecified atom stereocenters. The van der Waals surface area contributed by atoms with E-state index in [0.29, 0.717) is 5.82 Å². The summed E-state index contributed by atoms with van der Waals surface area (Å²) in [5.41, 5.74) is 8.94. The zero-order chi connectivity index (χ0) is 14.3. The molecule has 0 bridgehead atoms. The van der Waals surface area contributed by atoms with Gasteiger partial charge in [-0.25, -0.2) is 4.98 Å². The molecule has 1 atom stereocenters. The first-order chi connectivity index (χ1) is 9.63. The Morgan fingerprint density at radius 1 is 1.50 bits per heavy atom. The van der Waals surface area contributed by atoms with E-state index in [4.69, 9.17) is 15.2 Å². The van der Waals surface area contributed by atoms with Crippen molar-refractivity contribution in [3.63, 3.8) is 0 Å². The van der Waals surface area contributed by atoms with Crippen molar-refractivity contribution in [3.8, 4) is 22.8 Å². The van der Waals surface area contributed by atoms with Crippen LogP contribution in [0, 0.1) is 0 Å². The smallest absolute Gasteiger partial charge is 0.131 e. The van der Waals surface area contributed by atoms with Crippen LogP contribution >= 0.6 is 0 Å². The van der Waals surface area contributed by atoms with E-state index in [1.807, 2.05) is 23.6 Å². The van der Waals surface area contributed by atoms with Crippen LogP contribution in [0.1, 0.15) is 19.4 Å². The lowest BCUT2D eigenvalue weighted by molar-refractivity contribution is 0.254. The van der Waals surface area contributed by atoms with E-state index in [9.17, 15) is 0 Å². The van der Waals surface area contributed by atoms with Crippen molar-refractivity contribution in [3.05, 3.63) is 24.0 Å². The Balaban J connectivity index is 2.13. The molecule has 5 nitrogen and oxygen atoms in total. The van der Waals surface area contributed by atoms with Crippen LogP contribution in [0.4, 0.5) is 5.82 Å². The quantitative estimate of drug-likeness (QED) is 0.933. The van der Waals surface area contributed by atoms with Crippen LogP contribution in [0.3, 0.4) is 0 Å². The lowest BCUT2D eigenvalue weighted by Gasteiger charge is -2.10. The Morgan fingerprint density at radius 2 is 2.30 bits per heavy atom. The highest BCUT2D eigenvalue weighted by molar-refractivity contribution is 5.78. The van der Waals surface area contributed by atoms with E-state index in [0.717, 1.165) is 35.7 Å². The second-order valence-electron chi connectivity index (χ2n) is 5.06. The molecule has 1 aliphatic heterocycles. The zero-order valence-electron chi connectivity index (χ0n) is 12.0. The Hall–Kier alpha value is -2.17. The van der Waals surface area contributed by atoms with Crippen molar-refractivity contribution < 1.29 is 9.47 Å². The van der Waals surface area contributed by atoms with Gasteiger partial charge in [0, 0.05) is 24.1 Å². The van der Waals surface area contributed by atoms with Gasteiger partial charge in [-0.1, -0.05) is 0 Å². The summed E-state index contributed by atoms with van der Waals surface area (Å²) in [6.07, 6.45) is 2.86. The third kappa shape index (κ3) is 1.90. The molecule has 0 spiro atoms. The molecular weight excluding hydrogens is 254 g/mol. The number of benzene rings is 1. The number of anilines is 1. The van der Waals surface area contributed by atoms with Crippen molar-refractivity contribution in [2.45, 2.75) is 32.9 Å². The summed E-state index contributed by atoms with van der Waals surface area (Å²) in [4.78, 5) is 4.41. The average Bonchev–Trinajstić information content (AvgIpc) is 2.98. The van der Waals surface area contributed by atoms with Crippen LogP contribution < -0.4 is 15.2 Å². The first-order valence-corrected chi connectivity index (χ1v) is 6.82. The molecule has 1 aromatic heterocycles. The number of aryl methyl sites for hydroxylation is 1. The second kappa shape index (κ2) is 4.74. The lowest BCUT2D eigenvalue weighted by atomic mass is 10.0. The van der Waals surface area contributed by atoms with Crippen molar-refractivity contribution in [2.75, 3.05) is 12.8 Å². The van der Waals surface area contributed by atoms with Gasteiger partial charge in [0.1, 0.15) is 29.1 Å². The molecule has 20 heavy (non-hydrogen) atoms. The first-order valence-electron chi connectivity index (χ1n) is 6.82. The summed E-state index contributed by atoms with van der Waals surface area (Å²) in [6.45, 7) is 4.89. The van der Waals surface area contributed by atoms with Crippen LogP contribution in [0.5, 0.6) is 11.5 Å². The van der Waals surface area contributed by atoms with Gasteiger partial charge in [0.05, 0.1) is 13.4 Å². The number of ether oxygens (including phenoxy) is 2. The molecule has 0 saturated heterocycles. The van der Waals surface area contributed by atoms with E-state index >= 15 is 0 Å². The standard InChI is InChI=1S/C15H19N3O2/c1-4-18-8-17-14(15(18)16)11-7-12-10(5-9(2)20-12)6-13(11)19-3/h6-9H,4-5,16H2,1-3H3. The first kappa shape index (κ1) is 12.8. The molecule has 0 amide bonds. The van der Waals surface area contributed by atoms with E-state index in [1.165, 1.54) is 5.56 Å². The number of methoxy groups -OCH3 is 1. The minimum Gasteiger partial charge on any atom is -0.496 e. The number of fused-ring (bicyclic) bond motifs is 1. The molecule has 2 aromatic rings. The van der Waals surface area contributed by atoms with Crippen molar-refractivity contribution in [1.29, 1.82) is 0 Å². The predicted molar refractivity (Wildman–Crippen MR) is 78.1 cm³/mol. The van der Waals surface area contributed by atoms with Gasteiger partial charge >= 0.3 is 0 Å². The number of hydrogen-bond donors (Lipinski definition) is 1. The molecule has 2 heterocycles. The average molecular weight is 273 g/mol. The second-order valence-corrected chi connectivity index (χ2v) is 5.06. The molecule has 1 aromatic carbocycles. The third-order valence-electron chi connectivity index (χ3n) is 3.69. The predicted octanol–water partition coefficient (Wildman–Crippen LogP) is 2.48. The summed E-state index contributed by atoms with van der Waals surface area (Å²) in [5.74, 6) is 2.34. The number of imidazole rings is 1. The van der Waals surface area contributed by atoms with Gasteiger partial charge < -0.3 is 19.8 Å². The van der Waals surface area contributed by atoms with Gasteiger partial charge in [-0.05, 0) is 26.0 Å². The number of aromatic nitrogens is 2. The van der Waals surface area contributed by atoms with Gasteiger partial charge in [0.15, 0.2) is 0 Å². The molecule has 0 saturated carbocycles. The van der Waals surface area contributed by atoms with Crippen molar-refractivity contribution >= 4 is 5.82 Å². The van der Waals surface area contributed by atoms with E-state index < -0.39 is 0 Å². The molecule has 106 valence electrons. The summed E-state index contributed by atoms with van der Waals surface area (Å²) in [7, 11) is 1.66. The number of rotatable bonds is 3. The maximum atomic E-state index is 6.15. The molecule has 3 rings (SSSR count). The number of nitrogen functional groups attached to an aromatic ring is 1. The zero-order valence-corrected chi connectivity index (χ0v) is 12.0. The van der Waals surface area contributed by atoms with Gasteiger partial charge in [-0.15, -0.1) is 0 Å². The molecular formula is C15H19N3O2.